The van der Waals surface area contributed by atoms with E-state index in [0.717, 1.165) is 0 Å². The summed E-state index contributed by atoms with van der Waals surface area (Å²) in [6.45, 7) is 0. The average molecular weight is 261 g/mol. The molecule has 0 radical (unpaired) electrons. The van der Waals surface area contributed by atoms with Gasteiger partial charge in [-0.2, -0.15) is 0 Å². The molecule has 0 aliphatic carbocycles. The van der Waals surface area contributed by atoms with E-state index in [1.165, 1.54) is 0 Å². The van der Waals surface area contributed by atoms with Gasteiger partial charge in [0.1, 0.15) is 5.17 Å². The monoisotopic (exact) mass is 260 g/mol. The number of hydrogen-bond donors (Lipinski definition) is 1. The molecule has 1 rings (SSSR count). The highest BCUT2D eigenvalue weighted by atomic mass is 35.5. The Morgan fingerprint density at radius 3 is 2.69 bits per heavy atom. The zero-order valence-electron chi connectivity index (χ0n) is 8.32. The van der Waals surface area contributed by atoms with Crippen molar-refractivity contribution in [3.63, 3.8) is 0 Å². The molecular formula is C10H10Cl2N2O2. The number of nitrogens with one attached hydrogen (secondary N) is 1. The summed E-state index contributed by atoms with van der Waals surface area (Å²) in [5.74, 6) is 0.325. The van der Waals surface area contributed by atoms with Gasteiger partial charge in [-0.1, -0.05) is 35.0 Å². The van der Waals surface area contributed by atoms with Gasteiger partial charge in [-0.3, -0.25) is 10.2 Å². The van der Waals surface area contributed by atoms with E-state index >= 15 is 0 Å². The van der Waals surface area contributed by atoms with Gasteiger partial charge in [0, 0.05) is 18.0 Å². The lowest BCUT2D eigenvalue weighted by Gasteiger charge is -2.01. The Labute approximate surface area is 103 Å². The Hall–Kier alpha value is -1.26. The van der Waals surface area contributed by atoms with Crippen molar-refractivity contribution in [2.45, 2.75) is 6.42 Å². The van der Waals surface area contributed by atoms with Crippen LogP contribution in [0.4, 0.5) is 10.5 Å². The zero-order chi connectivity index (χ0) is 11.8. The summed E-state index contributed by atoms with van der Waals surface area (Å²) in [4.78, 5) is 15.7. The second-order valence-corrected chi connectivity index (χ2v) is 3.59. The number of halogens is 2. The molecule has 1 aromatic rings. The molecule has 0 aliphatic heterocycles. The third kappa shape index (κ3) is 5.00. The summed E-state index contributed by atoms with van der Waals surface area (Å²) in [6, 6.07) is 8.88. The number of para-hydroxylation sites is 1. The molecule has 86 valence electrons. The minimum Gasteiger partial charge on any atom is -0.297 e. The number of anilines is 1. The Balaban J connectivity index is 2.40. The fourth-order valence-corrected chi connectivity index (χ4v) is 1.28. The predicted molar refractivity (Wildman–Crippen MR) is 65.2 cm³/mol. The first kappa shape index (κ1) is 12.8. The molecule has 0 aliphatic rings. The van der Waals surface area contributed by atoms with Crippen LogP contribution in [0, 0.1) is 0 Å². The predicted octanol–water partition coefficient (Wildman–Crippen LogP) is 3.42. The number of amides is 1. The Morgan fingerprint density at radius 1 is 1.38 bits per heavy atom. The molecule has 0 bridgehead atoms. The topological polar surface area (TPSA) is 50.7 Å². The van der Waals surface area contributed by atoms with Crippen molar-refractivity contribution >= 4 is 40.2 Å². The summed E-state index contributed by atoms with van der Waals surface area (Å²) in [7, 11) is 0. The van der Waals surface area contributed by atoms with Gasteiger partial charge in [0.2, 0.25) is 0 Å². The highest BCUT2D eigenvalue weighted by Crippen LogP contribution is 2.05. The van der Waals surface area contributed by atoms with E-state index in [4.69, 9.17) is 23.2 Å². The summed E-state index contributed by atoms with van der Waals surface area (Å²) < 4.78 is 0. The second-order valence-electron chi connectivity index (χ2n) is 2.78. The van der Waals surface area contributed by atoms with Crippen LogP contribution in [-0.4, -0.2) is 17.1 Å². The molecule has 0 saturated carbocycles. The van der Waals surface area contributed by atoms with Gasteiger partial charge in [0.05, 0.1) is 0 Å². The molecular weight excluding hydrogens is 251 g/mol. The van der Waals surface area contributed by atoms with E-state index in [1.54, 1.807) is 24.3 Å². The lowest BCUT2D eigenvalue weighted by atomic mass is 10.3. The number of alkyl halides is 1. The van der Waals surface area contributed by atoms with Gasteiger partial charge in [-0.15, -0.1) is 11.6 Å². The second kappa shape index (κ2) is 7.09. The Bertz CT molecular complexity index is 368. The highest BCUT2D eigenvalue weighted by molar-refractivity contribution is 6.65. The molecule has 0 fully saturated rings. The van der Waals surface area contributed by atoms with Gasteiger partial charge >= 0.3 is 6.09 Å². The molecule has 0 saturated heterocycles. The maximum atomic E-state index is 11.2. The quantitative estimate of drug-likeness (QED) is 0.390. The minimum atomic E-state index is -0.695. The first-order valence-electron chi connectivity index (χ1n) is 4.53. The minimum absolute atomic E-state index is 0.151. The van der Waals surface area contributed by atoms with Crippen LogP contribution in [0.25, 0.3) is 0 Å². The maximum Gasteiger partial charge on any atom is 0.437 e. The van der Waals surface area contributed by atoms with Gasteiger partial charge in [0.15, 0.2) is 0 Å². The van der Waals surface area contributed by atoms with Crippen LogP contribution in [0.3, 0.4) is 0 Å². The van der Waals surface area contributed by atoms with Crippen LogP contribution in [0.5, 0.6) is 0 Å². The fraction of sp³-hybridized carbons (Fsp3) is 0.200. The molecule has 0 atom stereocenters. The van der Waals surface area contributed by atoms with E-state index < -0.39 is 6.09 Å². The number of oxime groups is 1. The van der Waals surface area contributed by atoms with Crippen molar-refractivity contribution in [1.82, 2.24) is 0 Å². The zero-order valence-corrected chi connectivity index (χ0v) is 9.83. The van der Waals surface area contributed by atoms with Gasteiger partial charge < -0.3 is 0 Å². The lowest BCUT2D eigenvalue weighted by Crippen LogP contribution is -2.11. The van der Waals surface area contributed by atoms with E-state index in [2.05, 4.69) is 15.3 Å². The Kier molecular flexibility index (Phi) is 5.67. The van der Waals surface area contributed by atoms with Crippen molar-refractivity contribution in [2.75, 3.05) is 11.2 Å². The van der Waals surface area contributed by atoms with E-state index in [0.29, 0.717) is 18.0 Å². The first-order valence-corrected chi connectivity index (χ1v) is 5.45. The number of carbonyl (C=O) groups excluding carboxylic acids is 1. The van der Waals surface area contributed by atoms with E-state index in [9.17, 15) is 4.79 Å². The number of nitrogens with zero attached hydrogens (tertiary/aromatic N) is 1. The largest absolute Gasteiger partial charge is 0.437 e. The fourth-order valence-electron chi connectivity index (χ4n) is 0.877. The third-order valence-electron chi connectivity index (χ3n) is 1.55. The van der Waals surface area contributed by atoms with Gasteiger partial charge in [-0.25, -0.2) is 4.79 Å². The van der Waals surface area contributed by atoms with Crippen molar-refractivity contribution in [3.05, 3.63) is 30.3 Å². The summed E-state index contributed by atoms with van der Waals surface area (Å²) in [5.41, 5.74) is 0.621. The number of hydrogen-bond acceptors (Lipinski definition) is 3. The molecule has 6 heteroatoms. The van der Waals surface area contributed by atoms with Crippen LogP contribution < -0.4 is 5.32 Å². The van der Waals surface area contributed by atoms with Crippen LogP contribution in [0.2, 0.25) is 0 Å². The van der Waals surface area contributed by atoms with Crippen molar-refractivity contribution in [3.8, 4) is 0 Å². The molecule has 1 N–H and O–H groups in total. The molecule has 4 nitrogen and oxygen atoms in total. The average Bonchev–Trinajstić information content (AvgIpc) is 2.28. The number of carbonyl (C=O) groups is 1. The Morgan fingerprint density at radius 2 is 2.06 bits per heavy atom. The molecule has 0 aromatic heterocycles. The highest BCUT2D eigenvalue weighted by Gasteiger charge is 2.02. The molecule has 16 heavy (non-hydrogen) atoms. The molecule has 0 unspecified atom stereocenters. The van der Waals surface area contributed by atoms with Crippen molar-refractivity contribution in [2.24, 2.45) is 5.16 Å². The van der Waals surface area contributed by atoms with Crippen LogP contribution in [0.15, 0.2) is 35.5 Å². The molecule has 1 aromatic carbocycles. The van der Waals surface area contributed by atoms with Crippen LogP contribution in [0.1, 0.15) is 6.42 Å². The summed E-state index contributed by atoms with van der Waals surface area (Å²) in [6.07, 6.45) is -0.333. The van der Waals surface area contributed by atoms with E-state index in [-0.39, 0.29) is 5.17 Å². The third-order valence-corrected chi connectivity index (χ3v) is 2.00. The summed E-state index contributed by atoms with van der Waals surface area (Å²) >= 11 is 11.0. The SMILES string of the molecule is O=C(Nc1ccccc1)O/N=C(/Cl)CCCl. The van der Waals surface area contributed by atoms with Crippen molar-refractivity contribution in [1.29, 1.82) is 0 Å². The number of benzene rings is 1. The van der Waals surface area contributed by atoms with Gasteiger partial charge in [0.25, 0.3) is 0 Å². The first-order chi connectivity index (χ1) is 7.72. The molecule has 0 heterocycles. The van der Waals surface area contributed by atoms with Gasteiger partial charge in [-0.05, 0) is 12.1 Å². The van der Waals surface area contributed by atoms with Crippen LogP contribution in [-0.2, 0) is 4.84 Å². The molecule has 1 amide bonds. The smallest absolute Gasteiger partial charge is 0.297 e. The van der Waals surface area contributed by atoms with E-state index in [1.807, 2.05) is 6.07 Å². The van der Waals surface area contributed by atoms with Crippen LogP contribution >= 0.6 is 23.2 Å². The standard InChI is InChI=1S/C10H10Cl2N2O2/c11-7-6-9(12)14-16-10(15)13-8-4-2-1-3-5-8/h1-5H,6-7H2,(H,13,15)/b14-9+. The number of rotatable bonds is 4. The lowest BCUT2D eigenvalue weighted by molar-refractivity contribution is 0.166. The normalized spacial score (nSPS) is 11.0. The maximum absolute atomic E-state index is 11.2. The molecule has 0 spiro atoms. The summed E-state index contributed by atoms with van der Waals surface area (Å²) in [5, 5.41) is 6.03. The van der Waals surface area contributed by atoms with Crippen molar-refractivity contribution < 1.29 is 9.63 Å².